The first-order chi connectivity index (χ1) is 11.1. The van der Waals surface area contributed by atoms with E-state index in [0.717, 1.165) is 28.6 Å². The predicted molar refractivity (Wildman–Crippen MR) is 88.8 cm³/mol. The highest BCUT2D eigenvalue weighted by molar-refractivity contribution is 6.31. The van der Waals surface area contributed by atoms with E-state index < -0.39 is 0 Å². The fraction of sp³-hybridized carbons (Fsp3) is 0.176. The molecule has 1 aliphatic rings. The summed E-state index contributed by atoms with van der Waals surface area (Å²) >= 11 is 6.09. The van der Waals surface area contributed by atoms with Crippen LogP contribution in [0.4, 0.5) is 0 Å². The van der Waals surface area contributed by atoms with Crippen LogP contribution in [-0.4, -0.2) is 27.3 Å². The van der Waals surface area contributed by atoms with E-state index in [-0.39, 0.29) is 17.0 Å². The maximum atomic E-state index is 12.6. The summed E-state index contributed by atoms with van der Waals surface area (Å²) in [6.07, 6.45) is 2.26. The van der Waals surface area contributed by atoms with Gasteiger partial charge in [-0.05, 0) is 30.3 Å². The zero-order chi connectivity index (χ0) is 16.0. The van der Waals surface area contributed by atoms with E-state index in [1.54, 1.807) is 17.0 Å². The lowest BCUT2D eigenvalue weighted by Crippen LogP contribution is -2.38. The molecule has 0 aliphatic carbocycles. The minimum absolute atomic E-state index is 0.175. The van der Waals surface area contributed by atoms with Crippen LogP contribution in [0.2, 0.25) is 5.02 Å². The fourth-order valence-corrected chi connectivity index (χ4v) is 3.29. The van der Waals surface area contributed by atoms with Crippen LogP contribution in [0.3, 0.4) is 0 Å². The third-order valence-corrected chi connectivity index (χ3v) is 4.51. The number of rotatable bonds is 1. The van der Waals surface area contributed by atoms with Gasteiger partial charge in [0.05, 0.1) is 0 Å². The van der Waals surface area contributed by atoms with E-state index in [2.05, 4.69) is 9.97 Å². The second kappa shape index (κ2) is 5.28. The van der Waals surface area contributed by atoms with E-state index in [0.29, 0.717) is 18.1 Å². The van der Waals surface area contributed by atoms with Gasteiger partial charge in [0, 0.05) is 52.9 Å². The number of pyridine rings is 1. The van der Waals surface area contributed by atoms with Crippen LogP contribution in [0.15, 0.2) is 41.3 Å². The average molecular weight is 328 g/mol. The van der Waals surface area contributed by atoms with Gasteiger partial charge in [-0.3, -0.25) is 9.59 Å². The number of carbonyl (C=O) groups excluding carboxylic acids is 1. The largest absolute Gasteiger partial charge is 0.358 e. The van der Waals surface area contributed by atoms with Gasteiger partial charge in [0.2, 0.25) is 0 Å². The summed E-state index contributed by atoms with van der Waals surface area (Å²) in [5.74, 6) is -0.242. The van der Waals surface area contributed by atoms with Crippen LogP contribution in [-0.2, 0) is 13.0 Å². The van der Waals surface area contributed by atoms with E-state index in [4.69, 9.17) is 11.6 Å². The molecule has 23 heavy (non-hydrogen) atoms. The molecule has 0 spiro atoms. The smallest absolute Gasteiger partial charge is 0.260 e. The number of benzene rings is 1. The molecule has 0 bridgehead atoms. The Morgan fingerprint density at radius 3 is 2.96 bits per heavy atom. The van der Waals surface area contributed by atoms with E-state index in [9.17, 15) is 9.59 Å². The molecule has 6 heteroatoms. The van der Waals surface area contributed by atoms with Crippen molar-refractivity contribution in [3.05, 3.63) is 68.7 Å². The zero-order valence-corrected chi connectivity index (χ0v) is 13.0. The highest BCUT2D eigenvalue weighted by atomic mass is 35.5. The fourth-order valence-electron chi connectivity index (χ4n) is 3.12. The SMILES string of the molecule is O=C(c1ccc[nH]c1=O)N1CCc2[nH]c3ccc(Cl)cc3c2C1. The van der Waals surface area contributed by atoms with Crippen LogP contribution in [0.25, 0.3) is 10.9 Å². The number of hydrogen-bond donors (Lipinski definition) is 2. The van der Waals surface area contributed by atoms with Crippen molar-refractivity contribution in [3.8, 4) is 0 Å². The van der Waals surface area contributed by atoms with Gasteiger partial charge in [0.25, 0.3) is 11.5 Å². The lowest BCUT2D eigenvalue weighted by atomic mass is 10.0. The van der Waals surface area contributed by atoms with Gasteiger partial charge in [-0.1, -0.05) is 11.6 Å². The highest BCUT2D eigenvalue weighted by Crippen LogP contribution is 2.30. The summed E-state index contributed by atoms with van der Waals surface area (Å²) in [7, 11) is 0. The summed E-state index contributed by atoms with van der Waals surface area (Å²) in [6.45, 7) is 1.06. The molecular weight excluding hydrogens is 314 g/mol. The average Bonchev–Trinajstić information content (AvgIpc) is 2.92. The number of amides is 1. The van der Waals surface area contributed by atoms with Crippen LogP contribution in [0, 0.1) is 0 Å². The Morgan fingerprint density at radius 2 is 2.13 bits per heavy atom. The Hall–Kier alpha value is -2.53. The molecule has 1 aromatic carbocycles. The minimum Gasteiger partial charge on any atom is -0.358 e. The van der Waals surface area contributed by atoms with Crippen molar-refractivity contribution < 1.29 is 4.79 Å². The van der Waals surface area contributed by atoms with Crippen molar-refractivity contribution >= 4 is 28.4 Å². The Kier molecular flexibility index (Phi) is 3.23. The second-order valence-electron chi connectivity index (χ2n) is 5.66. The summed E-state index contributed by atoms with van der Waals surface area (Å²) in [5, 5.41) is 1.70. The lowest BCUT2D eigenvalue weighted by Gasteiger charge is -2.27. The molecule has 2 N–H and O–H groups in total. The second-order valence-corrected chi connectivity index (χ2v) is 6.10. The van der Waals surface area contributed by atoms with Crippen molar-refractivity contribution in [1.29, 1.82) is 0 Å². The third kappa shape index (κ3) is 2.33. The van der Waals surface area contributed by atoms with Gasteiger partial charge in [-0.15, -0.1) is 0 Å². The van der Waals surface area contributed by atoms with Gasteiger partial charge < -0.3 is 14.9 Å². The molecule has 3 aromatic rings. The summed E-state index contributed by atoms with van der Waals surface area (Å²) in [4.78, 5) is 32.1. The normalized spacial score (nSPS) is 14.0. The van der Waals surface area contributed by atoms with Gasteiger partial charge in [0.1, 0.15) is 5.56 Å². The monoisotopic (exact) mass is 327 g/mol. The topological polar surface area (TPSA) is 69.0 Å². The molecule has 0 radical (unpaired) electrons. The Balaban J connectivity index is 1.72. The molecule has 0 unspecified atom stereocenters. The standard InChI is InChI=1S/C17H14ClN3O2/c18-10-3-4-14-12(8-10)13-9-21(7-5-15(13)20-14)17(23)11-2-1-6-19-16(11)22/h1-4,6,8,20H,5,7,9H2,(H,19,22). The number of fused-ring (bicyclic) bond motifs is 3. The third-order valence-electron chi connectivity index (χ3n) is 4.27. The molecule has 2 aromatic heterocycles. The van der Waals surface area contributed by atoms with Crippen LogP contribution in [0.1, 0.15) is 21.6 Å². The van der Waals surface area contributed by atoms with Crippen molar-refractivity contribution in [2.24, 2.45) is 0 Å². The summed E-state index contributed by atoms with van der Waals surface area (Å²) < 4.78 is 0. The number of hydrogen-bond acceptors (Lipinski definition) is 2. The van der Waals surface area contributed by atoms with Crippen LogP contribution in [0.5, 0.6) is 0 Å². The number of aromatic amines is 2. The van der Waals surface area contributed by atoms with E-state index in [1.165, 1.54) is 6.20 Å². The van der Waals surface area contributed by atoms with Gasteiger partial charge in [-0.25, -0.2) is 0 Å². The summed E-state index contributed by atoms with van der Waals surface area (Å²) in [5.41, 5.74) is 3.05. The number of halogens is 1. The maximum absolute atomic E-state index is 12.6. The Labute approximate surface area is 136 Å². The quantitative estimate of drug-likeness (QED) is 0.721. The van der Waals surface area contributed by atoms with Crippen molar-refractivity contribution in [1.82, 2.24) is 14.9 Å². The van der Waals surface area contributed by atoms with Crippen LogP contribution >= 0.6 is 11.6 Å². The summed E-state index contributed by atoms with van der Waals surface area (Å²) in [6, 6.07) is 8.93. The van der Waals surface area contributed by atoms with Crippen molar-refractivity contribution in [2.45, 2.75) is 13.0 Å². The van der Waals surface area contributed by atoms with Gasteiger partial charge in [0.15, 0.2) is 0 Å². The van der Waals surface area contributed by atoms with E-state index >= 15 is 0 Å². The predicted octanol–water partition coefficient (Wildman–Crippen LogP) is 2.71. The Bertz CT molecular complexity index is 973. The molecule has 116 valence electrons. The lowest BCUT2D eigenvalue weighted by molar-refractivity contribution is 0.0733. The molecule has 1 aliphatic heterocycles. The number of carbonyl (C=O) groups is 1. The number of aromatic nitrogens is 2. The highest BCUT2D eigenvalue weighted by Gasteiger charge is 2.26. The van der Waals surface area contributed by atoms with Crippen LogP contribution < -0.4 is 5.56 Å². The first-order valence-electron chi connectivity index (χ1n) is 7.39. The number of nitrogens with one attached hydrogen (secondary N) is 2. The molecule has 0 saturated carbocycles. The van der Waals surface area contributed by atoms with Crippen molar-refractivity contribution in [3.63, 3.8) is 0 Å². The minimum atomic E-state index is -0.356. The maximum Gasteiger partial charge on any atom is 0.260 e. The molecule has 0 fully saturated rings. The molecule has 0 saturated heterocycles. The number of nitrogens with zero attached hydrogens (tertiary/aromatic N) is 1. The molecule has 0 atom stereocenters. The van der Waals surface area contributed by atoms with Crippen molar-refractivity contribution in [2.75, 3.05) is 6.54 Å². The van der Waals surface area contributed by atoms with E-state index in [1.807, 2.05) is 18.2 Å². The van der Waals surface area contributed by atoms with Gasteiger partial charge in [-0.2, -0.15) is 0 Å². The molecule has 4 rings (SSSR count). The number of H-pyrrole nitrogens is 2. The first-order valence-corrected chi connectivity index (χ1v) is 7.77. The van der Waals surface area contributed by atoms with Gasteiger partial charge >= 0.3 is 0 Å². The zero-order valence-electron chi connectivity index (χ0n) is 12.2. The molecule has 1 amide bonds. The molecule has 3 heterocycles. The first kappa shape index (κ1) is 14.1. The molecular formula is C17H14ClN3O2. The Morgan fingerprint density at radius 1 is 1.26 bits per heavy atom. The molecule has 5 nitrogen and oxygen atoms in total.